The molecule has 0 radical (unpaired) electrons. The predicted octanol–water partition coefficient (Wildman–Crippen LogP) is 2.50. The number of H-pyrrole nitrogens is 1. The Morgan fingerprint density at radius 2 is 2.38 bits per heavy atom. The van der Waals surface area contributed by atoms with Crippen molar-refractivity contribution >= 4 is 28.5 Å². The minimum atomic E-state index is -0.816. The third-order valence-corrected chi connectivity index (χ3v) is 3.98. The van der Waals surface area contributed by atoms with E-state index < -0.39 is 5.97 Å². The Morgan fingerprint density at radius 3 is 3.19 bits per heavy atom. The minimum absolute atomic E-state index is 0.0555. The number of hydrogen-bond acceptors (Lipinski definition) is 3. The molecule has 2 N–H and O–H groups in total. The fraction of sp³-hybridized carbons (Fsp3) is 0.400. The maximum atomic E-state index is 10.8. The smallest absolute Gasteiger partial charge is 0.306 e. The molecule has 112 valence electrons. The van der Waals surface area contributed by atoms with Crippen LogP contribution in [0.1, 0.15) is 12.0 Å². The van der Waals surface area contributed by atoms with Gasteiger partial charge in [-0.05, 0) is 17.7 Å². The van der Waals surface area contributed by atoms with Crippen LogP contribution in [0.3, 0.4) is 0 Å². The van der Waals surface area contributed by atoms with Crippen molar-refractivity contribution < 1.29 is 14.6 Å². The number of ether oxygens (including phenoxy) is 1. The van der Waals surface area contributed by atoms with E-state index in [9.17, 15) is 4.79 Å². The Kier molecular flexibility index (Phi) is 4.14. The van der Waals surface area contributed by atoms with Gasteiger partial charge in [0, 0.05) is 41.8 Å². The van der Waals surface area contributed by atoms with Gasteiger partial charge in [0.05, 0.1) is 19.1 Å². The fourth-order valence-corrected chi connectivity index (χ4v) is 2.94. The van der Waals surface area contributed by atoms with Crippen molar-refractivity contribution in [1.29, 1.82) is 0 Å². The lowest BCUT2D eigenvalue weighted by molar-refractivity contribution is -0.142. The van der Waals surface area contributed by atoms with Crippen molar-refractivity contribution in [3.63, 3.8) is 0 Å². The molecule has 0 amide bonds. The highest BCUT2D eigenvalue weighted by Gasteiger charge is 2.23. The van der Waals surface area contributed by atoms with Gasteiger partial charge in [-0.15, -0.1) is 0 Å². The molecule has 5 nitrogen and oxygen atoms in total. The highest BCUT2D eigenvalue weighted by atomic mass is 35.5. The van der Waals surface area contributed by atoms with Crippen molar-refractivity contribution in [2.45, 2.75) is 19.1 Å². The van der Waals surface area contributed by atoms with E-state index in [1.807, 2.05) is 24.4 Å². The number of fused-ring (bicyclic) bond motifs is 1. The fourth-order valence-electron chi connectivity index (χ4n) is 2.77. The molecule has 1 aromatic carbocycles. The maximum absolute atomic E-state index is 10.8. The Labute approximate surface area is 127 Å². The van der Waals surface area contributed by atoms with Crippen molar-refractivity contribution in [3.05, 3.63) is 35.0 Å². The second-order valence-corrected chi connectivity index (χ2v) is 5.77. The van der Waals surface area contributed by atoms with Gasteiger partial charge in [-0.1, -0.05) is 17.7 Å². The number of carboxylic acids is 1. The van der Waals surface area contributed by atoms with E-state index in [2.05, 4.69) is 9.88 Å². The summed E-state index contributed by atoms with van der Waals surface area (Å²) in [5.41, 5.74) is 2.21. The summed E-state index contributed by atoms with van der Waals surface area (Å²) in [5, 5.41) is 10.7. The van der Waals surface area contributed by atoms with Crippen LogP contribution in [0.5, 0.6) is 0 Å². The number of morpholine rings is 1. The molecule has 1 fully saturated rings. The van der Waals surface area contributed by atoms with E-state index in [0.29, 0.717) is 18.2 Å². The third kappa shape index (κ3) is 3.37. The molecule has 0 spiro atoms. The van der Waals surface area contributed by atoms with E-state index in [4.69, 9.17) is 21.4 Å². The molecule has 1 aromatic heterocycles. The van der Waals surface area contributed by atoms with Crippen LogP contribution in [-0.4, -0.2) is 46.8 Å². The lowest BCUT2D eigenvalue weighted by Crippen LogP contribution is -2.42. The van der Waals surface area contributed by atoms with E-state index in [1.165, 1.54) is 5.56 Å². The summed E-state index contributed by atoms with van der Waals surface area (Å²) in [5.74, 6) is -0.816. The largest absolute Gasteiger partial charge is 0.481 e. The number of benzene rings is 1. The summed E-state index contributed by atoms with van der Waals surface area (Å²) in [4.78, 5) is 16.2. The van der Waals surface area contributed by atoms with E-state index in [-0.39, 0.29) is 12.5 Å². The second kappa shape index (κ2) is 6.05. The molecule has 0 bridgehead atoms. The number of halogens is 1. The lowest BCUT2D eigenvalue weighted by Gasteiger charge is -2.32. The summed E-state index contributed by atoms with van der Waals surface area (Å²) in [6.45, 7) is 2.82. The molecule has 0 saturated carbocycles. The first-order valence-corrected chi connectivity index (χ1v) is 7.31. The molecule has 6 heteroatoms. The van der Waals surface area contributed by atoms with Gasteiger partial charge in [0.1, 0.15) is 0 Å². The van der Waals surface area contributed by atoms with Crippen molar-refractivity contribution in [2.24, 2.45) is 0 Å². The summed E-state index contributed by atoms with van der Waals surface area (Å²) in [6.07, 6.45) is 1.82. The first kappa shape index (κ1) is 14.4. The Morgan fingerprint density at radius 1 is 1.52 bits per heavy atom. The number of nitrogens with one attached hydrogen (secondary N) is 1. The zero-order valence-electron chi connectivity index (χ0n) is 11.5. The van der Waals surface area contributed by atoms with Gasteiger partial charge in [-0.25, -0.2) is 0 Å². The number of carboxylic acid groups (broad SMARTS) is 1. The molecule has 1 aliphatic rings. The monoisotopic (exact) mass is 308 g/mol. The van der Waals surface area contributed by atoms with Crippen LogP contribution >= 0.6 is 11.6 Å². The Hall–Kier alpha value is -1.56. The van der Waals surface area contributed by atoms with Crippen LogP contribution in [0, 0.1) is 0 Å². The predicted molar refractivity (Wildman–Crippen MR) is 80.6 cm³/mol. The first-order chi connectivity index (χ1) is 10.1. The summed E-state index contributed by atoms with van der Waals surface area (Å²) < 4.78 is 5.49. The van der Waals surface area contributed by atoms with Gasteiger partial charge in [0.25, 0.3) is 0 Å². The molecule has 1 saturated heterocycles. The quantitative estimate of drug-likeness (QED) is 0.911. The van der Waals surface area contributed by atoms with Crippen LogP contribution in [0.4, 0.5) is 0 Å². The van der Waals surface area contributed by atoms with Gasteiger partial charge in [-0.2, -0.15) is 0 Å². The Balaban J connectivity index is 1.71. The number of aromatic nitrogens is 1. The van der Waals surface area contributed by atoms with Gasteiger partial charge >= 0.3 is 5.97 Å². The van der Waals surface area contributed by atoms with Crippen LogP contribution in [0.25, 0.3) is 10.9 Å². The molecule has 0 aliphatic carbocycles. The topological polar surface area (TPSA) is 65.6 Å². The highest BCUT2D eigenvalue weighted by molar-refractivity contribution is 6.31. The van der Waals surface area contributed by atoms with Gasteiger partial charge < -0.3 is 14.8 Å². The molecule has 2 aromatic rings. The van der Waals surface area contributed by atoms with Crippen LogP contribution in [-0.2, 0) is 16.1 Å². The van der Waals surface area contributed by atoms with Gasteiger partial charge in [-0.3, -0.25) is 9.69 Å². The molecule has 1 unspecified atom stereocenters. The molecule has 2 heterocycles. The third-order valence-electron chi connectivity index (χ3n) is 3.75. The molecule has 21 heavy (non-hydrogen) atoms. The van der Waals surface area contributed by atoms with Gasteiger partial charge in [0.15, 0.2) is 0 Å². The summed E-state index contributed by atoms with van der Waals surface area (Å²) >= 11 is 5.98. The molecular weight excluding hydrogens is 292 g/mol. The van der Waals surface area contributed by atoms with Gasteiger partial charge in [0.2, 0.25) is 0 Å². The average Bonchev–Trinajstić information content (AvgIpc) is 2.80. The van der Waals surface area contributed by atoms with Crippen molar-refractivity contribution in [3.8, 4) is 0 Å². The number of rotatable bonds is 4. The summed E-state index contributed by atoms with van der Waals surface area (Å²) in [6, 6.07) is 5.80. The normalized spacial score (nSPS) is 20.0. The van der Waals surface area contributed by atoms with E-state index in [1.54, 1.807) is 0 Å². The van der Waals surface area contributed by atoms with Crippen LogP contribution in [0.2, 0.25) is 5.02 Å². The zero-order valence-corrected chi connectivity index (χ0v) is 12.3. The number of nitrogens with zero attached hydrogens (tertiary/aromatic N) is 1. The maximum Gasteiger partial charge on any atom is 0.306 e. The van der Waals surface area contributed by atoms with E-state index >= 15 is 0 Å². The molecule has 1 atom stereocenters. The first-order valence-electron chi connectivity index (χ1n) is 6.93. The Bertz CT molecular complexity index is 655. The average molecular weight is 309 g/mol. The molecular formula is C15H17ClN2O3. The van der Waals surface area contributed by atoms with Crippen molar-refractivity contribution in [2.75, 3.05) is 19.7 Å². The number of aromatic amines is 1. The molecule has 1 aliphatic heterocycles. The lowest BCUT2D eigenvalue weighted by atomic mass is 10.1. The zero-order chi connectivity index (χ0) is 14.8. The number of carbonyl (C=O) groups is 1. The number of hydrogen-bond donors (Lipinski definition) is 2. The van der Waals surface area contributed by atoms with Crippen molar-refractivity contribution in [1.82, 2.24) is 9.88 Å². The number of aliphatic carboxylic acids is 1. The van der Waals surface area contributed by atoms with Crippen LogP contribution < -0.4 is 0 Å². The minimum Gasteiger partial charge on any atom is -0.481 e. The van der Waals surface area contributed by atoms with E-state index in [0.717, 1.165) is 24.0 Å². The highest BCUT2D eigenvalue weighted by Crippen LogP contribution is 2.24. The standard InChI is InChI=1S/C15H17ClN2O3/c16-11-1-2-13-10(7-17-14(13)5-11)8-18-3-4-21-12(9-18)6-15(19)20/h1-2,5,7,12,17H,3-4,6,8-9H2,(H,19,20). The molecule has 3 rings (SSSR count). The second-order valence-electron chi connectivity index (χ2n) is 5.33. The van der Waals surface area contributed by atoms with Crippen LogP contribution in [0.15, 0.2) is 24.4 Å². The SMILES string of the molecule is O=C(O)CC1CN(Cc2c[nH]c3cc(Cl)ccc23)CCO1. The summed E-state index contributed by atoms with van der Waals surface area (Å²) in [7, 11) is 0.